The van der Waals surface area contributed by atoms with Gasteiger partial charge in [0.25, 0.3) is 6.01 Å². The predicted molar refractivity (Wildman–Crippen MR) is 124 cm³/mol. The molecule has 2 aromatic carbocycles. The molecule has 2 N–H and O–H groups in total. The van der Waals surface area contributed by atoms with Crippen LogP contribution in [-0.2, 0) is 11.3 Å². The number of oxazole rings is 1. The molecule has 1 fully saturated rings. The van der Waals surface area contributed by atoms with Gasteiger partial charge in [0.1, 0.15) is 5.75 Å². The maximum Gasteiger partial charge on any atom is 0.321 e. The number of nitrogens with one attached hydrogen (secondary N) is 2. The van der Waals surface area contributed by atoms with Crippen LogP contribution in [0.15, 0.2) is 47.0 Å². The number of amides is 2. The van der Waals surface area contributed by atoms with E-state index in [0.717, 1.165) is 28.1 Å². The first-order valence-electron chi connectivity index (χ1n) is 10.6. The fourth-order valence-electron chi connectivity index (χ4n) is 3.58. The van der Waals surface area contributed by atoms with Gasteiger partial charge in [0.05, 0.1) is 18.9 Å². The molecule has 2 amide bonds. The first-order chi connectivity index (χ1) is 15.4. The van der Waals surface area contributed by atoms with Gasteiger partial charge < -0.3 is 24.5 Å². The predicted octanol–water partition coefficient (Wildman–Crippen LogP) is 4.86. The van der Waals surface area contributed by atoms with Crippen molar-refractivity contribution >= 4 is 23.4 Å². The molecular formula is C24H28N4O4. The highest BCUT2D eigenvalue weighted by atomic mass is 16.5. The Morgan fingerprint density at radius 3 is 2.81 bits per heavy atom. The number of urea groups is 1. The number of rotatable bonds is 8. The van der Waals surface area contributed by atoms with Crippen LogP contribution in [-0.4, -0.2) is 37.3 Å². The fourth-order valence-corrected chi connectivity index (χ4v) is 3.58. The number of carbonyl (C=O) groups excluding carboxylic acids is 1. The molecule has 8 nitrogen and oxygen atoms in total. The number of hydrogen-bond donors (Lipinski definition) is 2. The molecule has 0 radical (unpaired) electrons. The SMILES string of the molecule is COCc1ccc(C)c(Nc2ncc(-c3cc(OC(C)C)cc(N4CCNC4=O)c3)o2)c1. The standard InChI is InChI=1S/C24H28N4O4/c1-15(2)31-20-11-18(10-19(12-20)28-8-7-25-24(28)29)22-13-26-23(32-22)27-21-9-17(14-30-4)6-5-16(21)3/h5-6,9-13,15H,7-8,14H2,1-4H3,(H,25,29)(H,26,27). The summed E-state index contributed by atoms with van der Waals surface area (Å²) in [7, 11) is 1.67. The zero-order chi connectivity index (χ0) is 22.7. The van der Waals surface area contributed by atoms with Crippen LogP contribution in [0.4, 0.5) is 22.2 Å². The van der Waals surface area contributed by atoms with Crippen molar-refractivity contribution in [1.82, 2.24) is 10.3 Å². The number of hydrogen-bond acceptors (Lipinski definition) is 6. The Morgan fingerprint density at radius 2 is 2.09 bits per heavy atom. The quantitative estimate of drug-likeness (QED) is 0.524. The molecule has 0 unspecified atom stereocenters. The van der Waals surface area contributed by atoms with E-state index in [4.69, 9.17) is 13.9 Å². The van der Waals surface area contributed by atoms with Crippen LogP contribution in [0.1, 0.15) is 25.0 Å². The second kappa shape index (κ2) is 9.32. The minimum atomic E-state index is -0.121. The van der Waals surface area contributed by atoms with Crippen LogP contribution in [0, 0.1) is 6.92 Å². The summed E-state index contributed by atoms with van der Waals surface area (Å²) in [5.74, 6) is 1.24. The number of anilines is 3. The van der Waals surface area contributed by atoms with Crippen molar-refractivity contribution in [1.29, 1.82) is 0 Å². The van der Waals surface area contributed by atoms with Gasteiger partial charge >= 0.3 is 6.03 Å². The van der Waals surface area contributed by atoms with E-state index in [1.165, 1.54) is 0 Å². The van der Waals surface area contributed by atoms with Crippen molar-refractivity contribution in [3.05, 3.63) is 53.7 Å². The average molecular weight is 437 g/mol. The zero-order valence-corrected chi connectivity index (χ0v) is 18.8. The van der Waals surface area contributed by atoms with Gasteiger partial charge in [-0.25, -0.2) is 9.78 Å². The number of nitrogens with zero attached hydrogens (tertiary/aromatic N) is 2. The molecule has 8 heteroatoms. The molecule has 3 aromatic rings. The fraction of sp³-hybridized carbons (Fsp3) is 0.333. The van der Waals surface area contributed by atoms with Crippen LogP contribution in [0.25, 0.3) is 11.3 Å². The summed E-state index contributed by atoms with van der Waals surface area (Å²) in [5, 5.41) is 6.07. The van der Waals surface area contributed by atoms with Crippen LogP contribution in [0.3, 0.4) is 0 Å². The van der Waals surface area contributed by atoms with E-state index >= 15 is 0 Å². The summed E-state index contributed by atoms with van der Waals surface area (Å²) in [5.41, 5.74) is 4.56. The molecule has 0 atom stereocenters. The normalized spacial score (nSPS) is 13.5. The average Bonchev–Trinajstić information content (AvgIpc) is 3.39. The highest BCUT2D eigenvalue weighted by molar-refractivity contribution is 5.95. The Kier molecular flexibility index (Phi) is 6.32. The molecular weight excluding hydrogens is 408 g/mol. The molecule has 1 saturated heterocycles. The molecule has 1 aromatic heterocycles. The molecule has 0 bridgehead atoms. The Bertz CT molecular complexity index is 1110. The maximum absolute atomic E-state index is 12.2. The van der Waals surface area contributed by atoms with Crippen molar-refractivity contribution in [2.45, 2.75) is 33.5 Å². The zero-order valence-electron chi connectivity index (χ0n) is 18.8. The first kappa shape index (κ1) is 21.7. The van der Waals surface area contributed by atoms with Crippen LogP contribution in [0.2, 0.25) is 0 Å². The lowest BCUT2D eigenvalue weighted by atomic mass is 10.1. The number of methoxy groups -OCH3 is 1. The molecule has 2 heterocycles. The Balaban J connectivity index is 1.63. The highest BCUT2D eigenvalue weighted by Crippen LogP contribution is 2.33. The van der Waals surface area contributed by atoms with Crippen LogP contribution >= 0.6 is 0 Å². The summed E-state index contributed by atoms with van der Waals surface area (Å²) in [4.78, 5) is 18.3. The number of benzene rings is 2. The topological polar surface area (TPSA) is 88.9 Å². The summed E-state index contributed by atoms with van der Waals surface area (Å²) >= 11 is 0. The van der Waals surface area contributed by atoms with E-state index in [-0.39, 0.29) is 12.1 Å². The molecule has 32 heavy (non-hydrogen) atoms. The van der Waals surface area contributed by atoms with Gasteiger partial charge in [0.2, 0.25) is 0 Å². The lowest BCUT2D eigenvalue weighted by molar-refractivity contribution is 0.185. The van der Waals surface area contributed by atoms with Gasteiger partial charge in [-0.05, 0) is 50.1 Å². The molecule has 1 aliphatic heterocycles. The van der Waals surface area contributed by atoms with Crippen molar-refractivity contribution in [3.8, 4) is 17.1 Å². The summed E-state index contributed by atoms with van der Waals surface area (Å²) in [6.45, 7) is 7.69. The van der Waals surface area contributed by atoms with E-state index in [1.54, 1.807) is 18.2 Å². The van der Waals surface area contributed by atoms with Gasteiger partial charge in [-0.15, -0.1) is 0 Å². The van der Waals surface area contributed by atoms with Crippen LogP contribution in [0.5, 0.6) is 5.75 Å². The number of ether oxygens (including phenoxy) is 2. The number of carbonyl (C=O) groups is 1. The second-order valence-electron chi connectivity index (χ2n) is 8.00. The van der Waals surface area contributed by atoms with Crippen molar-refractivity contribution in [2.75, 3.05) is 30.4 Å². The highest BCUT2D eigenvalue weighted by Gasteiger charge is 2.23. The molecule has 0 aliphatic carbocycles. The van der Waals surface area contributed by atoms with Crippen molar-refractivity contribution < 1.29 is 18.7 Å². The number of aromatic nitrogens is 1. The smallest absolute Gasteiger partial charge is 0.321 e. The minimum Gasteiger partial charge on any atom is -0.491 e. The third-order valence-corrected chi connectivity index (χ3v) is 5.08. The molecule has 168 valence electrons. The lowest BCUT2D eigenvalue weighted by Crippen LogP contribution is -2.27. The Labute approximate surface area is 187 Å². The summed E-state index contributed by atoms with van der Waals surface area (Å²) in [6, 6.07) is 12.0. The monoisotopic (exact) mass is 436 g/mol. The number of aryl methyl sites for hydroxylation is 1. The summed E-state index contributed by atoms with van der Waals surface area (Å²) < 4.78 is 17.1. The van der Waals surface area contributed by atoms with Crippen molar-refractivity contribution in [2.24, 2.45) is 0 Å². The van der Waals surface area contributed by atoms with E-state index in [9.17, 15) is 4.79 Å². The molecule has 4 rings (SSSR count). The second-order valence-corrected chi connectivity index (χ2v) is 8.00. The van der Waals surface area contributed by atoms with Gasteiger partial charge in [0, 0.05) is 43.2 Å². The minimum absolute atomic E-state index is 0.000176. The van der Waals surface area contributed by atoms with Crippen molar-refractivity contribution in [3.63, 3.8) is 0 Å². The van der Waals surface area contributed by atoms with E-state index in [2.05, 4.69) is 15.6 Å². The van der Waals surface area contributed by atoms with Crippen LogP contribution < -0.4 is 20.3 Å². The van der Waals surface area contributed by atoms with Gasteiger partial charge in [-0.2, -0.15) is 0 Å². The van der Waals surface area contributed by atoms with Gasteiger partial charge in [0.15, 0.2) is 5.76 Å². The maximum atomic E-state index is 12.2. The van der Waals surface area contributed by atoms with Gasteiger partial charge in [-0.3, -0.25) is 4.90 Å². The summed E-state index contributed by atoms with van der Waals surface area (Å²) in [6.07, 6.45) is 1.67. The Morgan fingerprint density at radius 1 is 1.25 bits per heavy atom. The molecule has 0 spiro atoms. The van der Waals surface area contributed by atoms with E-state index in [0.29, 0.717) is 37.2 Å². The first-order valence-corrected chi connectivity index (χ1v) is 10.6. The molecule has 1 aliphatic rings. The third kappa shape index (κ3) is 4.86. The van der Waals surface area contributed by atoms with Gasteiger partial charge in [-0.1, -0.05) is 12.1 Å². The largest absolute Gasteiger partial charge is 0.491 e. The van der Waals surface area contributed by atoms with E-state index in [1.807, 2.05) is 57.2 Å². The Hall–Kier alpha value is -3.52. The van der Waals surface area contributed by atoms with E-state index < -0.39 is 0 Å². The molecule has 0 saturated carbocycles. The lowest BCUT2D eigenvalue weighted by Gasteiger charge is -2.18. The third-order valence-electron chi connectivity index (χ3n) is 5.08.